The summed E-state index contributed by atoms with van der Waals surface area (Å²) in [5, 5.41) is 1.39. The number of carbonyl (C=O) groups excluding carboxylic acids is 2. The van der Waals surface area contributed by atoms with E-state index in [9.17, 15) is 9.59 Å². The normalized spacial score (nSPS) is 15.3. The molecule has 0 spiro atoms. The number of benzene rings is 1. The molecule has 2 heterocycles. The molecule has 0 aliphatic carbocycles. The number of nitrogens with zero attached hydrogens (tertiary/aromatic N) is 3. The van der Waals surface area contributed by atoms with Crippen LogP contribution in [0, 0.1) is 5.92 Å². The van der Waals surface area contributed by atoms with E-state index in [1.807, 2.05) is 35.0 Å². The van der Waals surface area contributed by atoms with Crippen molar-refractivity contribution < 1.29 is 9.59 Å². The standard InChI is InChI=1S/C17H19ClN4O2S/c18-13-2-1-3-14(10-13)22-9-6-20-17(22)25-11-15(23)21-7-4-12(5-8-21)16(19)24/h1-3,6,9-10,12H,4-5,7-8,11H2,(H2,19,24). The second-order valence-corrected chi connectivity index (χ2v) is 7.28. The average molecular weight is 379 g/mol. The SMILES string of the molecule is NC(=O)C1CCN(C(=O)CSc2nccn2-c2cccc(Cl)c2)CC1. The molecule has 25 heavy (non-hydrogen) atoms. The van der Waals surface area contributed by atoms with Gasteiger partial charge in [0.2, 0.25) is 11.8 Å². The Balaban J connectivity index is 1.59. The number of aromatic nitrogens is 2. The van der Waals surface area contributed by atoms with E-state index in [2.05, 4.69) is 4.98 Å². The smallest absolute Gasteiger partial charge is 0.233 e. The first-order valence-corrected chi connectivity index (χ1v) is 9.40. The number of piperidine rings is 1. The first-order valence-electron chi connectivity index (χ1n) is 8.04. The number of hydrogen-bond acceptors (Lipinski definition) is 4. The number of imidazole rings is 1. The Morgan fingerprint density at radius 1 is 1.32 bits per heavy atom. The van der Waals surface area contributed by atoms with Crippen molar-refractivity contribution in [3.05, 3.63) is 41.7 Å². The van der Waals surface area contributed by atoms with Crippen LogP contribution in [0.2, 0.25) is 5.02 Å². The Labute approximate surface area is 155 Å². The maximum Gasteiger partial charge on any atom is 0.233 e. The van der Waals surface area contributed by atoms with Crippen LogP contribution in [0.5, 0.6) is 0 Å². The zero-order valence-electron chi connectivity index (χ0n) is 13.6. The molecule has 3 rings (SSSR count). The second kappa shape index (κ2) is 7.93. The van der Waals surface area contributed by atoms with Crippen molar-refractivity contribution in [1.82, 2.24) is 14.5 Å². The zero-order chi connectivity index (χ0) is 17.8. The molecule has 0 bridgehead atoms. The molecule has 1 aromatic heterocycles. The Hall–Kier alpha value is -1.99. The number of halogens is 1. The summed E-state index contributed by atoms with van der Waals surface area (Å²) in [5.74, 6) is -0.0317. The minimum atomic E-state index is -0.273. The molecule has 1 aromatic carbocycles. The predicted molar refractivity (Wildman–Crippen MR) is 97.8 cm³/mol. The number of amides is 2. The molecule has 1 aliphatic heterocycles. The van der Waals surface area contributed by atoms with Crippen molar-refractivity contribution in [3.8, 4) is 5.69 Å². The molecular formula is C17H19ClN4O2S. The maximum atomic E-state index is 12.4. The van der Waals surface area contributed by atoms with Crippen molar-refractivity contribution in [2.24, 2.45) is 11.7 Å². The molecule has 0 unspecified atom stereocenters. The zero-order valence-corrected chi connectivity index (χ0v) is 15.2. The van der Waals surface area contributed by atoms with Gasteiger partial charge in [-0.25, -0.2) is 4.98 Å². The number of thioether (sulfide) groups is 1. The van der Waals surface area contributed by atoms with E-state index in [-0.39, 0.29) is 17.7 Å². The highest BCUT2D eigenvalue weighted by atomic mass is 35.5. The van der Waals surface area contributed by atoms with E-state index >= 15 is 0 Å². The Morgan fingerprint density at radius 2 is 2.08 bits per heavy atom. The first kappa shape index (κ1) is 17.8. The molecular weight excluding hydrogens is 360 g/mol. The summed E-state index contributed by atoms with van der Waals surface area (Å²) in [5.41, 5.74) is 6.23. The van der Waals surface area contributed by atoms with E-state index in [1.54, 1.807) is 11.1 Å². The first-order chi connectivity index (χ1) is 12.0. The fourth-order valence-corrected chi connectivity index (χ4v) is 3.91. The van der Waals surface area contributed by atoms with Gasteiger partial charge in [-0.2, -0.15) is 0 Å². The number of hydrogen-bond donors (Lipinski definition) is 1. The van der Waals surface area contributed by atoms with E-state index in [0.717, 1.165) is 10.8 Å². The van der Waals surface area contributed by atoms with E-state index < -0.39 is 0 Å². The summed E-state index contributed by atoms with van der Waals surface area (Å²) < 4.78 is 1.91. The summed E-state index contributed by atoms with van der Waals surface area (Å²) in [4.78, 5) is 29.7. The number of carbonyl (C=O) groups is 2. The van der Waals surface area contributed by atoms with Gasteiger partial charge < -0.3 is 10.6 Å². The molecule has 2 aromatic rings. The van der Waals surface area contributed by atoms with Gasteiger partial charge in [-0.15, -0.1) is 0 Å². The van der Waals surface area contributed by atoms with Crippen LogP contribution in [-0.2, 0) is 9.59 Å². The Morgan fingerprint density at radius 3 is 2.76 bits per heavy atom. The van der Waals surface area contributed by atoms with E-state index in [1.165, 1.54) is 11.8 Å². The fourth-order valence-electron chi connectivity index (χ4n) is 2.85. The number of nitrogens with two attached hydrogens (primary N) is 1. The molecule has 0 atom stereocenters. The van der Waals surface area contributed by atoms with Gasteiger partial charge >= 0.3 is 0 Å². The lowest BCUT2D eigenvalue weighted by atomic mass is 9.96. The largest absolute Gasteiger partial charge is 0.369 e. The number of rotatable bonds is 5. The molecule has 2 N–H and O–H groups in total. The molecule has 1 aliphatic rings. The third kappa shape index (κ3) is 4.35. The van der Waals surface area contributed by atoms with Crippen LogP contribution in [0.15, 0.2) is 41.8 Å². The molecule has 6 nitrogen and oxygen atoms in total. The lowest BCUT2D eigenvalue weighted by Crippen LogP contribution is -2.42. The highest BCUT2D eigenvalue weighted by molar-refractivity contribution is 7.99. The quantitative estimate of drug-likeness (QED) is 0.809. The van der Waals surface area contributed by atoms with Crippen molar-refractivity contribution in [2.45, 2.75) is 18.0 Å². The average Bonchev–Trinajstić information content (AvgIpc) is 3.08. The fraction of sp³-hybridized carbons (Fsp3) is 0.353. The van der Waals surface area contributed by atoms with Crippen LogP contribution >= 0.6 is 23.4 Å². The lowest BCUT2D eigenvalue weighted by Gasteiger charge is -2.30. The van der Waals surface area contributed by atoms with Gasteiger partial charge in [-0.3, -0.25) is 14.2 Å². The van der Waals surface area contributed by atoms with Gasteiger partial charge in [0.1, 0.15) is 0 Å². The maximum absolute atomic E-state index is 12.4. The van der Waals surface area contributed by atoms with Crippen molar-refractivity contribution in [3.63, 3.8) is 0 Å². The summed E-state index contributed by atoms with van der Waals surface area (Å²) >= 11 is 7.43. The van der Waals surface area contributed by atoms with E-state index in [4.69, 9.17) is 17.3 Å². The third-order valence-corrected chi connectivity index (χ3v) is 5.45. The van der Waals surface area contributed by atoms with Crippen LogP contribution in [0.1, 0.15) is 12.8 Å². The topological polar surface area (TPSA) is 81.2 Å². The summed E-state index contributed by atoms with van der Waals surface area (Å²) in [6.45, 7) is 1.16. The predicted octanol–water partition coefficient (Wildman–Crippen LogP) is 2.34. The second-order valence-electron chi connectivity index (χ2n) is 5.91. The Kier molecular flexibility index (Phi) is 5.65. The molecule has 8 heteroatoms. The van der Waals surface area contributed by atoms with Crippen LogP contribution in [0.25, 0.3) is 5.69 Å². The Bertz CT molecular complexity index is 772. The van der Waals surface area contributed by atoms with Crippen molar-refractivity contribution >= 4 is 35.2 Å². The lowest BCUT2D eigenvalue weighted by molar-refractivity contribution is -0.132. The summed E-state index contributed by atoms with van der Waals surface area (Å²) in [6, 6.07) is 7.48. The monoisotopic (exact) mass is 378 g/mol. The minimum absolute atomic E-state index is 0.0496. The number of likely N-dealkylation sites (tertiary alicyclic amines) is 1. The molecule has 2 amide bonds. The highest BCUT2D eigenvalue weighted by Gasteiger charge is 2.26. The third-order valence-electron chi connectivity index (χ3n) is 4.27. The minimum Gasteiger partial charge on any atom is -0.369 e. The number of primary amides is 1. The summed E-state index contributed by atoms with van der Waals surface area (Å²) in [7, 11) is 0. The van der Waals surface area contributed by atoms with Gasteiger partial charge in [0.05, 0.1) is 5.75 Å². The van der Waals surface area contributed by atoms with Gasteiger partial charge in [0.25, 0.3) is 0 Å². The van der Waals surface area contributed by atoms with Gasteiger partial charge in [0, 0.05) is 42.1 Å². The summed E-state index contributed by atoms with van der Waals surface area (Å²) in [6.07, 6.45) is 4.83. The van der Waals surface area contributed by atoms with E-state index in [0.29, 0.717) is 36.7 Å². The highest BCUT2D eigenvalue weighted by Crippen LogP contribution is 2.24. The molecule has 0 radical (unpaired) electrons. The van der Waals surface area contributed by atoms with Gasteiger partial charge in [-0.05, 0) is 31.0 Å². The molecule has 1 saturated heterocycles. The van der Waals surface area contributed by atoms with Crippen LogP contribution in [0.3, 0.4) is 0 Å². The van der Waals surface area contributed by atoms with Crippen molar-refractivity contribution in [2.75, 3.05) is 18.8 Å². The van der Waals surface area contributed by atoms with Gasteiger partial charge in [-0.1, -0.05) is 29.4 Å². The van der Waals surface area contributed by atoms with Crippen LogP contribution in [0.4, 0.5) is 0 Å². The van der Waals surface area contributed by atoms with Crippen LogP contribution in [-0.4, -0.2) is 45.1 Å². The van der Waals surface area contributed by atoms with Crippen molar-refractivity contribution in [1.29, 1.82) is 0 Å². The van der Waals surface area contributed by atoms with Crippen LogP contribution < -0.4 is 5.73 Å². The van der Waals surface area contributed by atoms with Gasteiger partial charge in [0.15, 0.2) is 5.16 Å². The molecule has 0 saturated carbocycles. The molecule has 1 fully saturated rings. The molecule has 132 valence electrons.